The summed E-state index contributed by atoms with van der Waals surface area (Å²) >= 11 is 0. The summed E-state index contributed by atoms with van der Waals surface area (Å²) in [5, 5.41) is 2.21. The average molecular weight is 808 g/mol. The van der Waals surface area contributed by atoms with Gasteiger partial charge in [0.2, 0.25) is 0 Å². The third-order valence-electron chi connectivity index (χ3n) is 8.77. The van der Waals surface area contributed by atoms with Crippen LogP contribution in [0.1, 0.15) is 50.7 Å². The first kappa shape index (κ1) is 31.8. The summed E-state index contributed by atoms with van der Waals surface area (Å²) in [5.74, 6) is 4.17. The van der Waals surface area contributed by atoms with E-state index in [1.54, 1.807) is 0 Å². The van der Waals surface area contributed by atoms with Crippen LogP contribution >= 0.6 is 0 Å². The molecular formula is C41H33BN2O3Pt. The van der Waals surface area contributed by atoms with Crippen LogP contribution in [0.3, 0.4) is 0 Å². The Hall–Kier alpha value is -4.80. The third kappa shape index (κ3) is 5.69. The summed E-state index contributed by atoms with van der Waals surface area (Å²) in [5.41, 5.74) is 7.84. The van der Waals surface area contributed by atoms with Gasteiger partial charge in [-0.05, 0) is 69.8 Å². The van der Waals surface area contributed by atoms with Crippen LogP contribution in [-0.2, 0) is 21.1 Å². The van der Waals surface area contributed by atoms with Gasteiger partial charge in [-0.3, -0.25) is 0 Å². The molecule has 0 radical (unpaired) electrons. The fraction of sp³-hybridized carbons (Fsp3) is 0.146. The number of ether oxygens (including phenoxy) is 1. The SMILES string of the molecule is CC(C)c1cccc(C(C)C)c1-c1ccnc(-n2c3[c-]c(Oc4[c-]c(B5Oc6ccccc6O5)ccc4)ccc3c3ccccc32)c1.[Pt+2]. The summed E-state index contributed by atoms with van der Waals surface area (Å²) in [6.07, 6.45) is 1.92. The zero-order valence-electron chi connectivity index (χ0n) is 27.1. The van der Waals surface area contributed by atoms with E-state index in [4.69, 9.17) is 19.0 Å². The molecule has 0 fully saturated rings. The largest absolute Gasteiger partial charge is 2.00 e. The van der Waals surface area contributed by atoms with Crippen molar-refractivity contribution in [2.75, 3.05) is 0 Å². The van der Waals surface area contributed by atoms with Crippen molar-refractivity contribution in [3.63, 3.8) is 0 Å². The maximum atomic E-state index is 6.37. The van der Waals surface area contributed by atoms with Crippen LogP contribution in [0.15, 0.2) is 115 Å². The number of aromatic nitrogens is 2. The summed E-state index contributed by atoms with van der Waals surface area (Å²) in [4.78, 5) is 4.91. The monoisotopic (exact) mass is 807 g/mol. The van der Waals surface area contributed by atoms with E-state index in [9.17, 15) is 0 Å². The molecule has 0 atom stereocenters. The molecule has 7 aromatic rings. The van der Waals surface area contributed by atoms with E-state index < -0.39 is 7.12 Å². The molecule has 238 valence electrons. The molecule has 0 spiro atoms. The molecule has 0 unspecified atom stereocenters. The smallest absolute Gasteiger partial charge is 0.521 e. The van der Waals surface area contributed by atoms with E-state index in [-0.39, 0.29) is 21.1 Å². The molecule has 8 rings (SSSR count). The van der Waals surface area contributed by atoms with E-state index in [0.717, 1.165) is 50.1 Å². The van der Waals surface area contributed by atoms with Gasteiger partial charge in [0.1, 0.15) is 17.3 Å². The molecular weight excluding hydrogens is 774 g/mol. The van der Waals surface area contributed by atoms with Crippen LogP contribution in [-0.4, -0.2) is 16.7 Å². The number of pyridine rings is 1. The number of fused-ring (bicyclic) bond motifs is 4. The van der Waals surface area contributed by atoms with Gasteiger partial charge >= 0.3 is 28.2 Å². The van der Waals surface area contributed by atoms with Crippen molar-refractivity contribution >= 4 is 34.4 Å². The molecule has 1 aliphatic heterocycles. The normalized spacial score (nSPS) is 12.2. The van der Waals surface area contributed by atoms with E-state index in [0.29, 0.717) is 23.3 Å². The fourth-order valence-electron chi connectivity index (χ4n) is 6.56. The second-order valence-corrected chi connectivity index (χ2v) is 12.5. The number of benzene rings is 5. The number of nitrogens with zero attached hydrogens (tertiary/aromatic N) is 2. The number of para-hydroxylation sites is 3. The number of rotatable bonds is 7. The number of hydrogen-bond acceptors (Lipinski definition) is 4. The van der Waals surface area contributed by atoms with E-state index in [1.165, 1.54) is 16.7 Å². The average Bonchev–Trinajstić information content (AvgIpc) is 3.67. The molecule has 48 heavy (non-hydrogen) atoms. The van der Waals surface area contributed by atoms with Crippen LogP contribution in [0.4, 0.5) is 0 Å². The zero-order chi connectivity index (χ0) is 32.1. The van der Waals surface area contributed by atoms with Crippen LogP contribution in [0.25, 0.3) is 38.8 Å². The van der Waals surface area contributed by atoms with Gasteiger partial charge < -0.3 is 18.6 Å². The van der Waals surface area contributed by atoms with E-state index in [1.807, 2.05) is 54.7 Å². The van der Waals surface area contributed by atoms with Gasteiger partial charge in [-0.25, -0.2) is 4.98 Å². The van der Waals surface area contributed by atoms with Crippen LogP contribution in [0.5, 0.6) is 23.0 Å². The first-order valence-corrected chi connectivity index (χ1v) is 16.1. The van der Waals surface area contributed by atoms with Crippen molar-refractivity contribution in [3.05, 3.63) is 139 Å². The van der Waals surface area contributed by atoms with Gasteiger partial charge in [0, 0.05) is 23.2 Å². The Morgan fingerprint density at radius 3 is 2.08 bits per heavy atom. The van der Waals surface area contributed by atoms with Crippen molar-refractivity contribution in [2.45, 2.75) is 39.5 Å². The molecule has 0 N–H and O–H groups in total. The molecule has 3 heterocycles. The minimum absolute atomic E-state index is 0. The topological polar surface area (TPSA) is 45.5 Å². The number of hydrogen-bond donors (Lipinski definition) is 0. The molecule has 7 heteroatoms. The van der Waals surface area contributed by atoms with Crippen molar-refractivity contribution in [1.29, 1.82) is 0 Å². The Morgan fingerprint density at radius 1 is 0.688 bits per heavy atom. The Bertz CT molecular complexity index is 2230. The van der Waals surface area contributed by atoms with Crippen LogP contribution in [0.2, 0.25) is 0 Å². The van der Waals surface area contributed by atoms with Crippen molar-refractivity contribution < 1.29 is 35.1 Å². The summed E-state index contributed by atoms with van der Waals surface area (Å²) < 4.78 is 20.6. The molecule has 5 nitrogen and oxygen atoms in total. The van der Waals surface area contributed by atoms with Crippen molar-refractivity contribution in [2.24, 2.45) is 0 Å². The summed E-state index contributed by atoms with van der Waals surface area (Å²) in [6, 6.07) is 43.8. The zero-order valence-corrected chi connectivity index (χ0v) is 29.4. The standard InChI is InChI=1S/C41H33BN2O3.Pt/c1-26(2)32-14-10-15-33(27(3)4)41(32)28-21-22-43-40(23-28)44-36-16-6-5-13-34(36)35-20-19-31(25-37(35)44)45-30-12-9-11-29(24-30)42-46-38-17-7-8-18-39(38)47-42;/h5-23,26-27H,1-4H3;/q-2;+2. The first-order valence-electron chi connectivity index (χ1n) is 16.1. The third-order valence-corrected chi connectivity index (χ3v) is 8.77. The summed E-state index contributed by atoms with van der Waals surface area (Å²) in [7, 11) is -0.583. The van der Waals surface area contributed by atoms with Gasteiger partial charge in [-0.15, -0.1) is 29.7 Å². The van der Waals surface area contributed by atoms with Crippen molar-refractivity contribution in [3.8, 4) is 39.9 Å². The molecule has 0 aliphatic carbocycles. The van der Waals surface area contributed by atoms with Gasteiger partial charge in [0.25, 0.3) is 0 Å². The van der Waals surface area contributed by atoms with Gasteiger partial charge in [-0.1, -0.05) is 87.2 Å². The molecule has 5 aromatic carbocycles. The minimum Gasteiger partial charge on any atom is -0.521 e. The van der Waals surface area contributed by atoms with Gasteiger partial charge in [0.15, 0.2) is 0 Å². The molecule has 2 aromatic heterocycles. The summed E-state index contributed by atoms with van der Waals surface area (Å²) in [6.45, 7) is 9.03. The molecule has 1 aliphatic rings. The molecule has 0 saturated heterocycles. The molecule has 0 saturated carbocycles. The second-order valence-electron chi connectivity index (χ2n) is 12.5. The Balaban J connectivity index is 0.00000364. The van der Waals surface area contributed by atoms with E-state index in [2.05, 4.69) is 105 Å². The van der Waals surface area contributed by atoms with Gasteiger partial charge in [-0.2, -0.15) is 18.2 Å². The van der Waals surface area contributed by atoms with E-state index >= 15 is 0 Å². The predicted molar refractivity (Wildman–Crippen MR) is 189 cm³/mol. The van der Waals surface area contributed by atoms with Crippen molar-refractivity contribution in [1.82, 2.24) is 9.55 Å². The quantitative estimate of drug-likeness (QED) is 0.119. The Morgan fingerprint density at radius 2 is 1.35 bits per heavy atom. The van der Waals surface area contributed by atoms with Gasteiger partial charge in [0.05, 0.1) is 0 Å². The maximum Gasteiger partial charge on any atom is 2.00 e. The molecule has 0 amide bonds. The Kier molecular flexibility index (Phi) is 8.62. The first-order chi connectivity index (χ1) is 22.9. The second kappa shape index (κ2) is 13.0. The van der Waals surface area contributed by atoms with Crippen LogP contribution in [0, 0.1) is 12.1 Å². The fourth-order valence-corrected chi connectivity index (χ4v) is 6.56. The van der Waals surface area contributed by atoms with Crippen LogP contribution < -0.4 is 19.5 Å². The molecule has 0 bridgehead atoms. The Labute approximate surface area is 295 Å². The predicted octanol–water partition coefficient (Wildman–Crippen LogP) is 9.65. The maximum absolute atomic E-state index is 6.37. The minimum atomic E-state index is -0.583.